The molecule has 106 valence electrons. The van der Waals surface area contributed by atoms with Crippen LogP contribution in [0, 0.1) is 0 Å². The maximum atomic E-state index is 11.9. The number of rotatable bonds is 5. The average Bonchev–Trinajstić information content (AvgIpc) is 2.83. The van der Waals surface area contributed by atoms with Crippen molar-refractivity contribution in [2.24, 2.45) is 0 Å². The van der Waals surface area contributed by atoms with Gasteiger partial charge in [-0.2, -0.15) is 0 Å². The van der Waals surface area contributed by atoms with E-state index in [-0.39, 0.29) is 15.4 Å². The maximum absolute atomic E-state index is 11.9. The van der Waals surface area contributed by atoms with Crippen molar-refractivity contribution in [3.63, 3.8) is 0 Å². The van der Waals surface area contributed by atoms with Crippen molar-refractivity contribution in [1.29, 1.82) is 0 Å². The zero-order valence-electron chi connectivity index (χ0n) is 11.3. The summed E-state index contributed by atoms with van der Waals surface area (Å²) in [7, 11) is 4.02. The Balaban J connectivity index is 2.02. The van der Waals surface area contributed by atoms with Crippen LogP contribution in [0.4, 0.5) is 0 Å². The Labute approximate surface area is 126 Å². The molecule has 0 atom stereocenters. The van der Waals surface area contributed by atoms with E-state index in [4.69, 9.17) is 11.6 Å². The van der Waals surface area contributed by atoms with Gasteiger partial charge in [0.05, 0.1) is 0 Å². The van der Waals surface area contributed by atoms with Crippen LogP contribution in [0.3, 0.4) is 0 Å². The Bertz CT molecular complexity index is 600. The molecular formula is C13H15ClN4OS. The zero-order valence-corrected chi connectivity index (χ0v) is 12.8. The highest BCUT2D eigenvalue weighted by atomic mass is 35.5. The minimum Gasteiger partial charge on any atom is -0.346 e. The van der Waals surface area contributed by atoms with Crippen molar-refractivity contribution in [1.82, 2.24) is 20.4 Å². The van der Waals surface area contributed by atoms with Crippen LogP contribution < -0.4 is 5.32 Å². The van der Waals surface area contributed by atoms with Gasteiger partial charge in [0, 0.05) is 13.1 Å². The number of nitrogens with one attached hydrogen (secondary N) is 1. The molecule has 1 heterocycles. The van der Waals surface area contributed by atoms with Crippen molar-refractivity contribution in [2.45, 2.75) is 13.1 Å². The van der Waals surface area contributed by atoms with Crippen molar-refractivity contribution >= 4 is 28.8 Å². The standard InChI is InChI=1S/C13H15ClN4OS/c1-18(2)8-10-6-4-3-5-9(10)7-15-11(19)12-16-17-13(14)20-12/h3-6H,7-8H2,1-2H3,(H,15,19). The van der Waals surface area contributed by atoms with Crippen molar-refractivity contribution in [2.75, 3.05) is 14.1 Å². The van der Waals surface area contributed by atoms with Gasteiger partial charge in [-0.15, -0.1) is 10.2 Å². The summed E-state index contributed by atoms with van der Waals surface area (Å²) in [5.41, 5.74) is 2.28. The highest BCUT2D eigenvalue weighted by molar-refractivity contribution is 7.17. The van der Waals surface area contributed by atoms with Crippen molar-refractivity contribution in [3.8, 4) is 0 Å². The summed E-state index contributed by atoms with van der Waals surface area (Å²) in [6, 6.07) is 8.02. The molecule has 0 aliphatic heterocycles. The van der Waals surface area contributed by atoms with Gasteiger partial charge >= 0.3 is 0 Å². The van der Waals surface area contributed by atoms with Gasteiger partial charge in [-0.05, 0) is 36.8 Å². The molecule has 7 heteroatoms. The van der Waals surface area contributed by atoms with Crippen LogP contribution in [0.1, 0.15) is 20.9 Å². The zero-order chi connectivity index (χ0) is 14.5. The fourth-order valence-electron chi connectivity index (χ4n) is 1.77. The molecule has 1 N–H and O–H groups in total. The molecule has 20 heavy (non-hydrogen) atoms. The van der Waals surface area contributed by atoms with Crippen LogP contribution in [0.5, 0.6) is 0 Å². The number of halogens is 1. The van der Waals surface area contributed by atoms with Crippen molar-refractivity contribution < 1.29 is 4.79 Å². The molecule has 0 unspecified atom stereocenters. The van der Waals surface area contributed by atoms with E-state index in [9.17, 15) is 4.79 Å². The lowest BCUT2D eigenvalue weighted by molar-refractivity contribution is 0.0949. The Kier molecular flexibility index (Phi) is 5.05. The molecule has 0 aliphatic rings. The molecule has 2 rings (SSSR count). The molecule has 0 radical (unpaired) electrons. The predicted octanol–water partition coefficient (Wildman–Crippen LogP) is 2.18. The number of nitrogens with zero attached hydrogens (tertiary/aromatic N) is 3. The molecule has 0 saturated heterocycles. The van der Waals surface area contributed by atoms with E-state index in [1.807, 2.05) is 32.3 Å². The van der Waals surface area contributed by atoms with Gasteiger partial charge in [0.15, 0.2) is 0 Å². The molecule has 1 aromatic carbocycles. The summed E-state index contributed by atoms with van der Waals surface area (Å²) in [5, 5.41) is 10.4. The molecule has 0 aliphatic carbocycles. The third kappa shape index (κ3) is 4.00. The monoisotopic (exact) mass is 310 g/mol. The molecular weight excluding hydrogens is 296 g/mol. The second-order valence-electron chi connectivity index (χ2n) is 4.55. The van der Waals surface area contributed by atoms with E-state index in [2.05, 4.69) is 26.5 Å². The number of aromatic nitrogens is 2. The first-order chi connectivity index (χ1) is 9.56. The predicted molar refractivity (Wildman–Crippen MR) is 79.9 cm³/mol. The Morgan fingerprint density at radius 1 is 1.30 bits per heavy atom. The largest absolute Gasteiger partial charge is 0.346 e. The van der Waals surface area contributed by atoms with Crippen molar-refractivity contribution in [3.05, 3.63) is 44.9 Å². The van der Waals surface area contributed by atoms with E-state index in [0.29, 0.717) is 6.54 Å². The third-order valence-electron chi connectivity index (χ3n) is 2.64. The summed E-state index contributed by atoms with van der Waals surface area (Å²) in [4.78, 5) is 14.0. The lowest BCUT2D eigenvalue weighted by Crippen LogP contribution is -2.24. The molecule has 1 aromatic heterocycles. The van der Waals surface area contributed by atoms with Gasteiger partial charge in [0.25, 0.3) is 5.91 Å². The van der Waals surface area contributed by atoms with Gasteiger partial charge in [0.1, 0.15) is 0 Å². The SMILES string of the molecule is CN(C)Cc1ccccc1CNC(=O)c1nnc(Cl)s1. The summed E-state index contributed by atoms with van der Waals surface area (Å²) >= 11 is 6.73. The van der Waals surface area contributed by atoms with E-state index in [1.54, 1.807) is 0 Å². The summed E-state index contributed by atoms with van der Waals surface area (Å²) in [6.45, 7) is 1.29. The van der Waals surface area contributed by atoms with Crippen LogP contribution >= 0.6 is 22.9 Å². The summed E-state index contributed by atoms with van der Waals surface area (Å²) < 4.78 is 0.267. The van der Waals surface area contributed by atoms with E-state index in [0.717, 1.165) is 23.4 Å². The molecule has 1 amide bonds. The topological polar surface area (TPSA) is 58.1 Å². The first-order valence-corrected chi connectivity index (χ1v) is 7.24. The number of hydrogen-bond acceptors (Lipinski definition) is 5. The lowest BCUT2D eigenvalue weighted by atomic mass is 10.1. The molecule has 0 spiro atoms. The molecule has 0 bridgehead atoms. The van der Waals surface area contributed by atoms with E-state index < -0.39 is 0 Å². The first kappa shape index (κ1) is 14.9. The number of benzene rings is 1. The quantitative estimate of drug-likeness (QED) is 0.919. The number of carbonyl (C=O) groups is 1. The molecule has 0 fully saturated rings. The number of amides is 1. The molecule has 2 aromatic rings. The smallest absolute Gasteiger partial charge is 0.282 e. The second kappa shape index (κ2) is 6.78. The second-order valence-corrected chi connectivity index (χ2v) is 6.11. The highest BCUT2D eigenvalue weighted by Crippen LogP contribution is 2.15. The third-order valence-corrected chi connectivity index (χ3v) is 3.66. The van der Waals surface area contributed by atoms with Gasteiger partial charge in [0.2, 0.25) is 9.47 Å². The average molecular weight is 311 g/mol. The number of carbonyl (C=O) groups excluding carboxylic acids is 1. The van der Waals surface area contributed by atoms with Crippen LogP contribution in [0.15, 0.2) is 24.3 Å². The van der Waals surface area contributed by atoms with Crippen LogP contribution in [-0.4, -0.2) is 35.1 Å². The normalized spacial score (nSPS) is 10.8. The number of hydrogen-bond donors (Lipinski definition) is 1. The van der Waals surface area contributed by atoms with Gasteiger partial charge in [-0.1, -0.05) is 35.6 Å². The summed E-state index contributed by atoms with van der Waals surface area (Å²) in [6.07, 6.45) is 0. The lowest BCUT2D eigenvalue weighted by Gasteiger charge is -2.14. The fraction of sp³-hybridized carbons (Fsp3) is 0.308. The molecule has 5 nitrogen and oxygen atoms in total. The Hall–Kier alpha value is -1.50. The fourth-order valence-corrected chi connectivity index (χ4v) is 2.52. The van der Waals surface area contributed by atoms with Gasteiger partial charge < -0.3 is 10.2 Å². The minimum absolute atomic E-state index is 0.256. The minimum atomic E-state index is -0.256. The summed E-state index contributed by atoms with van der Waals surface area (Å²) in [5.74, 6) is -0.256. The first-order valence-electron chi connectivity index (χ1n) is 6.05. The van der Waals surface area contributed by atoms with E-state index >= 15 is 0 Å². The Morgan fingerprint density at radius 2 is 2.00 bits per heavy atom. The van der Waals surface area contributed by atoms with Crippen LogP contribution in [0.25, 0.3) is 0 Å². The highest BCUT2D eigenvalue weighted by Gasteiger charge is 2.12. The van der Waals surface area contributed by atoms with Crippen LogP contribution in [0.2, 0.25) is 4.47 Å². The van der Waals surface area contributed by atoms with Crippen LogP contribution in [-0.2, 0) is 13.1 Å². The van der Waals surface area contributed by atoms with Gasteiger partial charge in [-0.3, -0.25) is 4.79 Å². The molecule has 0 saturated carbocycles. The maximum Gasteiger partial charge on any atom is 0.282 e. The van der Waals surface area contributed by atoms with Gasteiger partial charge in [-0.25, -0.2) is 0 Å². The van der Waals surface area contributed by atoms with E-state index in [1.165, 1.54) is 5.56 Å². The Morgan fingerprint density at radius 3 is 2.60 bits per heavy atom.